The standard InChI is InChI=1S/C16H29N5O7/c1-7(2)12(16(27)28)21-14(25)9(4-5-10(18)23)19-15(26)13(8(3)22)20-11(24)6-17/h7-9,12-13,22H,4-6,17H2,1-3H3,(H2,18,23)(H,19,26)(H,20,24)(H,21,25)(H,27,28). The zero-order valence-corrected chi connectivity index (χ0v) is 16.1. The fraction of sp³-hybridized carbons (Fsp3) is 0.688. The molecule has 0 fully saturated rings. The van der Waals surface area contributed by atoms with E-state index in [4.69, 9.17) is 11.5 Å². The monoisotopic (exact) mass is 403 g/mol. The Bertz CT molecular complexity index is 594. The molecule has 0 spiro atoms. The van der Waals surface area contributed by atoms with Gasteiger partial charge in [-0.25, -0.2) is 4.79 Å². The molecule has 0 rings (SSSR count). The Morgan fingerprint density at radius 3 is 1.89 bits per heavy atom. The quantitative estimate of drug-likeness (QED) is 0.175. The summed E-state index contributed by atoms with van der Waals surface area (Å²) in [5.41, 5.74) is 10.2. The third kappa shape index (κ3) is 8.77. The molecule has 0 aliphatic heterocycles. The molecule has 0 bridgehead atoms. The van der Waals surface area contributed by atoms with Crippen LogP contribution in [-0.2, 0) is 24.0 Å². The fourth-order valence-corrected chi connectivity index (χ4v) is 2.22. The summed E-state index contributed by atoms with van der Waals surface area (Å²) in [4.78, 5) is 58.6. The summed E-state index contributed by atoms with van der Waals surface area (Å²) < 4.78 is 0. The average molecular weight is 403 g/mol. The van der Waals surface area contributed by atoms with Gasteiger partial charge in [-0.3, -0.25) is 19.2 Å². The van der Waals surface area contributed by atoms with Crippen molar-refractivity contribution in [1.29, 1.82) is 0 Å². The minimum atomic E-state index is -1.40. The van der Waals surface area contributed by atoms with Crippen LogP contribution in [0.25, 0.3) is 0 Å². The second kappa shape index (κ2) is 11.9. The number of rotatable bonds is 12. The van der Waals surface area contributed by atoms with E-state index in [2.05, 4.69) is 16.0 Å². The summed E-state index contributed by atoms with van der Waals surface area (Å²) in [5, 5.41) is 25.7. The molecule has 0 saturated carbocycles. The van der Waals surface area contributed by atoms with Crippen LogP contribution in [0.2, 0.25) is 0 Å². The molecule has 12 nitrogen and oxygen atoms in total. The second-order valence-electron chi connectivity index (χ2n) is 6.62. The third-order valence-corrected chi connectivity index (χ3v) is 3.81. The molecular formula is C16H29N5O7. The normalized spacial score (nSPS) is 15.1. The lowest BCUT2D eigenvalue weighted by Gasteiger charge is -2.26. The van der Waals surface area contributed by atoms with Crippen LogP contribution >= 0.6 is 0 Å². The molecule has 0 aliphatic rings. The molecule has 0 aromatic rings. The number of hydrogen-bond donors (Lipinski definition) is 7. The van der Waals surface area contributed by atoms with Gasteiger partial charge < -0.3 is 37.6 Å². The Kier molecular flexibility index (Phi) is 10.7. The first kappa shape index (κ1) is 25.3. The number of primary amides is 1. The number of aliphatic carboxylic acids is 1. The van der Waals surface area contributed by atoms with E-state index in [-0.39, 0.29) is 12.8 Å². The largest absolute Gasteiger partial charge is 0.480 e. The molecule has 0 heterocycles. The van der Waals surface area contributed by atoms with Crippen molar-refractivity contribution in [2.24, 2.45) is 17.4 Å². The van der Waals surface area contributed by atoms with Crippen molar-refractivity contribution in [3.05, 3.63) is 0 Å². The number of amides is 4. The van der Waals surface area contributed by atoms with Crippen molar-refractivity contribution < 1.29 is 34.2 Å². The second-order valence-corrected chi connectivity index (χ2v) is 6.62. The maximum absolute atomic E-state index is 12.5. The molecule has 0 radical (unpaired) electrons. The lowest BCUT2D eigenvalue weighted by Crippen LogP contribution is -2.59. The summed E-state index contributed by atoms with van der Waals surface area (Å²) in [7, 11) is 0. The Hall–Kier alpha value is -2.73. The summed E-state index contributed by atoms with van der Waals surface area (Å²) >= 11 is 0. The number of aliphatic hydroxyl groups is 1. The van der Waals surface area contributed by atoms with Gasteiger partial charge in [0.25, 0.3) is 0 Å². The Labute approximate surface area is 162 Å². The highest BCUT2D eigenvalue weighted by Gasteiger charge is 2.32. The SMILES string of the molecule is CC(C)C(NC(=O)C(CCC(N)=O)NC(=O)C(NC(=O)CN)C(C)O)C(=O)O. The van der Waals surface area contributed by atoms with E-state index >= 15 is 0 Å². The van der Waals surface area contributed by atoms with E-state index in [0.717, 1.165) is 0 Å². The molecule has 4 unspecified atom stereocenters. The van der Waals surface area contributed by atoms with Gasteiger partial charge in [0.15, 0.2) is 0 Å². The van der Waals surface area contributed by atoms with Crippen LogP contribution in [0.4, 0.5) is 0 Å². The lowest BCUT2D eigenvalue weighted by molar-refractivity contribution is -0.143. The molecule has 0 aromatic carbocycles. The predicted octanol–water partition coefficient (Wildman–Crippen LogP) is -3.21. The van der Waals surface area contributed by atoms with Gasteiger partial charge in [-0.15, -0.1) is 0 Å². The summed E-state index contributed by atoms with van der Waals surface area (Å²) in [6.45, 7) is 4.00. The molecule has 0 saturated heterocycles. The van der Waals surface area contributed by atoms with Crippen LogP contribution in [-0.4, -0.2) is 70.6 Å². The van der Waals surface area contributed by atoms with Gasteiger partial charge >= 0.3 is 5.97 Å². The number of carbonyl (C=O) groups excluding carboxylic acids is 4. The number of nitrogens with two attached hydrogens (primary N) is 2. The van der Waals surface area contributed by atoms with E-state index in [1.807, 2.05) is 0 Å². The van der Waals surface area contributed by atoms with Gasteiger partial charge in [-0.05, 0) is 19.3 Å². The van der Waals surface area contributed by atoms with E-state index in [0.29, 0.717) is 0 Å². The number of hydrogen-bond acceptors (Lipinski definition) is 7. The van der Waals surface area contributed by atoms with Crippen molar-refractivity contribution in [3.8, 4) is 0 Å². The first-order valence-electron chi connectivity index (χ1n) is 8.70. The van der Waals surface area contributed by atoms with Crippen molar-refractivity contribution in [1.82, 2.24) is 16.0 Å². The first-order chi connectivity index (χ1) is 12.9. The molecule has 0 aliphatic carbocycles. The van der Waals surface area contributed by atoms with E-state index in [1.165, 1.54) is 6.92 Å². The minimum Gasteiger partial charge on any atom is -0.480 e. The maximum atomic E-state index is 12.5. The summed E-state index contributed by atoms with van der Waals surface area (Å²) in [5.74, 6) is -4.88. The van der Waals surface area contributed by atoms with Crippen LogP contribution in [0, 0.1) is 5.92 Å². The fourth-order valence-electron chi connectivity index (χ4n) is 2.22. The smallest absolute Gasteiger partial charge is 0.326 e. The number of aliphatic hydroxyl groups excluding tert-OH is 1. The number of carbonyl (C=O) groups is 5. The van der Waals surface area contributed by atoms with Gasteiger partial charge in [-0.2, -0.15) is 0 Å². The zero-order valence-electron chi connectivity index (χ0n) is 16.1. The molecular weight excluding hydrogens is 374 g/mol. The Morgan fingerprint density at radius 1 is 0.929 bits per heavy atom. The van der Waals surface area contributed by atoms with E-state index < -0.39 is 66.3 Å². The molecule has 28 heavy (non-hydrogen) atoms. The van der Waals surface area contributed by atoms with E-state index in [1.54, 1.807) is 13.8 Å². The summed E-state index contributed by atoms with van der Waals surface area (Å²) in [6, 6.07) is -3.93. The average Bonchev–Trinajstić information content (AvgIpc) is 2.59. The van der Waals surface area contributed by atoms with Gasteiger partial charge in [-0.1, -0.05) is 13.8 Å². The highest BCUT2D eigenvalue weighted by atomic mass is 16.4. The van der Waals surface area contributed by atoms with Gasteiger partial charge in [0, 0.05) is 6.42 Å². The van der Waals surface area contributed by atoms with E-state index in [9.17, 15) is 34.2 Å². The Morgan fingerprint density at radius 2 is 1.50 bits per heavy atom. The van der Waals surface area contributed by atoms with Gasteiger partial charge in [0.05, 0.1) is 12.6 Å². The molecule has 4 atom stereocenters. The topological polar surface area (TPSA) is 214 Å². The van der Waals surface area contributed by atoms with Crippen LogP contribution in [0.5, 0.6) is 0 Å². The lowest BCUT2D eigenvalue weighted by atomic mass is 10.0. The van der Waals surface area contributed by atoms with Crippen molar-refractivity contribution in [2.75, 3.05) is 6.54 Å². The van der Waals surface area contributed by atoms with Crippen molar-refractivity contribution in [3.63, 3.8) is 0 Å². The maximum Gasteiger partial charge on any atom is 0.326 e. The molecule has 160 valence electrons. The summed E-state index contributed by atoms with van der Waals surface area (Å²) in [6.07, 6.45) is -1.76. The number of carboxylic acid groups (broad SMARTS) is 1. The molecule has 4 amide bonds. The van der Waals surface area contributed by atoms with Crippen LogP contribution in [0.3, 0.4) is 0 Å². The van der Waals surface area contributed by atoms with Crippen LogP contribution < -0.4 is 27.4 Å². The van der Waals surface area contributed by atoms with Crippen molar-refractivity contribution in [2.45, 2.75) is 57.8 Å². The van der Waals surface area contributed by atoms with Crippen LogP contribution in [0.15, 0.2) is 0 Å². The number of nitrogens with one attached hydrogen (secondary N) is 3. The highest BCUT2D eigenvalue weighted by molar-refractivity contribution is 5.94. The minimum absolute atomic E-state index is 0.200. The van der Waals surface area contributed by atoms with Crippen LogP contribution in [0.1, 0.15) is 33.6 Å². The molecule has 12 heteroatoms. The number of carboxylic acids is 1. The zero-order chi connectivity index (χ0) is 22.0. The Balaban J connectivity index is 5.38. The highest BCUT2D eigenvalue weighted by Crippen LogP contribution is 2.05. The van der Waals surface area contributed by atoms with Gasteiger partial charge in [0.1, 0.15) is 18.1 Å². The van der Waals surface area contributed by atoms with Crippen molar-refractivity contribution >= 4 is 29.6 Å². The molecule has 9 N–H and O–H groups in total. The van der Waals surface area contributed by atoms with Gasteiger partial charge in [0.2, 0.25) is 23.6 Å². The first-order valence-corrected chi connectivity index (χ1v) is 8.70. The predicted molar refractivity (Wildman–Crippen MR) is 97.4 cm³/mol. The molecule has 0 aromatic heterocycles. The third-order valence-electron chi connectivity index (χ3n) is 3.81.